The third-order valence-electron chi connectivity index (χ3n) is 3.39. The second kappa shape index (κ2) is 6.46. The molecule has 0 spiro atoms. The molecule has 0 fully saturated rings. The van der Waals surface area contributed by atoms with E-state index in [2.05, 4.69) is 4.98 Å². The monoisotopic (exact) mass is 330 g/mol. The van der Waals surface area contributed by atoms with Crippen molar-refractivity contribution in [3.8, 4) is 0 Å². The zero-order chi connectivity index (χ0) is 15.5. The Morgan fingerprint density at radius 2 is 2.00 bits per heavy atom. The third kappa shape index (κ3) is 3.13. The molecule has 0 aliphatic carbocycles. The maximum atomic E-state index is 12.3. The van der Waals surface area contributed by atoms with E-state index in [1.165, 1.54) is 0 Å². The molecule has 112 valence electrons. The van der Waals surface area contributed by atoms with E-state index in [0.717, 1.165) is 15.8 Å². The molecule has 1 amide bonds. The number of nitrogens with zero attached hydrogens (tertiary/aromatic N) is 1. The lowest BCUT2D eigenvalue weighted by molar-refractivity contribution is 0.0820. The molecule has 0 saturated heterocycles. The van der Waals surface area contributed by atoms with Crippen molar-refractivity contribution in [3.05, 3.63) is 65.3 Å². The first-order valence-electron chi connectivity index (χ1n) is 6.85. The topological polar surface area (TPSA) is 36.1 Å². The summed E-state index contributed by atoms with van der Waals surface area (Å²) in [6.45, 7) is 0. The number of fused-ring (bicyclic) bond motifs is 1. The average Bonchev–Trinajstić information content (AvgIpc) is 2.95. The highest BCUT2D eigenvalue weighted by molar-refractivity contribution is 7.99. The molecule has 3 rings (SSSR count). The second-order valence-electron chi connectivity index (χ2n) is 4.99. The van der Waals surface area contributed by atoms with Gasteiger partial charge in [0, 0.05) is 39.6 Å². The van der Waals surface area contributed by atoms with Gasteiger partial charge in [-0.3, -0.25) is 4.79 Å². The molecule has 2 aromatic carbocycles. The van der Waals surface area contributed by atoms with Crippen molar-refractivity contribution in [2.24, 2.45) is 0 Å². The van der Waals surface area contributed by atoms with E-state index >= 15 is 0 Å². The summed E-state index contributed by atoms with van der Waals surface area (Å²) in [6, 6.07) is 15.1. The van der Waals surface area contributed by atoms with Crippen LogP contribution in [0.4, 0.5) is 0 Å². The van der Waals surface area contributed by atoms with E-state index in [1.807, 2.05) is 61.8 Å². The number of hydrogen-bond acceptors (Lipinski definition) is 2. The zero-order valence-corrected chi connectivity index (χ0v) is 13.6. The maximum absolute atomic E-state index is 12.3. The van der Waals surface area contributed by atoms with Crippen molar-refractivity contribution in [2.75, 3.05) is 12.9 Å². The lowest BCUT2D eigenvalue weighted by Gasteiger charge is -2.16. The van der Waals surface area contributed by atoms with Gasteiger partial charge >= 0.3 is 0 Å². The summed E-state index contributed by atoms with van der Waals surface area (Å²) in [5.74, 6) is 0.596. The molecule has 0 aliphatic heterocycles. The van der Waals surface area contributed by atoms with Gasteiger partial charge in [-0.25, -0.2) is 0 Å². The fourth-order valence-corrected chi connectivity index (χ4v) is 3.30. The number of aromatic nitrogens is 1. The molecule has 1 N–H and O–H groups in total. The quantitative estimate of drug-likeness (QED) is 0.558. The number of hydrogen-bond donors (Lipinski definition) is 1. The van der Waals surface area contributed by atoms with Crippen LogP contribution in [0.15, 0.2) is 59.6 Å². The summed E-state index contributed by atoms with van der Waals surface area (Å²) < 4.78 is 0. The second-order valence-corrected chi connectivity index (χ2v) is 6.41. The van der Waals surface area contributed by atoms with Crippen LogP contribution >= 0.6 is 23.4 Å². The van der Waals surface area contributed by atoms with Gasteiger partial charge in [0.1, 0.15) is 0 Å². The number of nitrogens with one attached hydrogen (secondary N) is 1. The zero-order valence-electron chi connectivity index (χ0n) is 12.0. The van der Waals surface area contributed by atoms with Gasteiger partial charge < -0.3 is 9.88 Å². The maximum Gasteiger partial charge on any atom is 0.254 e. The van der Waals surface area contributed by atoms with Crippen molar-refractivity contribution in [2.45, 2.75) is 4.90 Å². The summed E-state index contributed by atoms with van der Waals surface area (Å²) in [7, 11) is 1.81. The Morgan fingerprint density at radius 3 is 2.77 bits per heavy atom. The molecule has 0 bridgehead atoms. The van der Waals surface area contributed by atoms with Crippen molar-refractivity contribution in [1.82, 2.24) is 9.88 Å². The smallest absolute Gasteiger partial charge is 0.254 e. The van der Waals surface area contributed by atoms with E-state index < -0.39 is 0 Å². The van der Waals surface area contributed by atoms with Gasteiger partial charge in [-0.1, -0.05) is 29.8 Å². The number of amides is 1. The third-order valence-corrected chi connectivity index (χ3v) is 4.79. The van der Waals surface area contributed by atoms with E-state index in [-0.39, 0.29) is 5.91 Å². The number of aromatic amines is 1. The number of H-pyrrole nitrogens is 1. The van der Waals surface area contributed by atoms with Gasteiger partial charge in [0.15, 0.2) is 0 Å². The standard InChI is InChI=1S/C17H15ClN2OS/c1-20(17(21)12-5-3-2-4-6-12)11-22-16-10-19-15-8-7-13(18)9-14(15)16/h2-10,19H,11H2,1H3. The van der Waals surface area contributed by atoms with Crippen LogP contribution in [0.5, 0.6) is 0 Å². The Labute approximate surface area is 138 Å². The van der Waals surface area contributed by atoms with Crippen LogP contribution in [0.1, 0.15) is 10.4 Å². The minimum absolute atomic E-state index is 0.0194. The highest BCUT2D eigenvalue weighted by Gasteiger charge is 2.12. The predicted molar refractivity (Wildman–Crippen MR) is 92.6 cm³/mol. The van der Waals surface area contributed by atoms with Crippen molar-refractivity contribution < 1.29 is 4.79 Å². The minimum Gasteiger partial charge on any atom is -0.360 e. The summed E-state index contributed by atoms with van der Waals surface area (Å²) in [6.07, 6.45) is 1.95. The van der Waals surface area contributed by atoms with Crippen LogP contribution in [-0.2, 0) is 0 Å². The van der Waals surface area contributed by atoms with Gasteiger partial charge in [-0.15, -0.1) is 11.8 Å². The van der Waals surface area contributed by atoms with Crippen LogP contribution in [0.2, 0.25) is 5.02 Å². The van der Waals surface area contributed by atoms with Crippen LogP contribution in [0, 0.1) is 0 Å². The van der Waals surface area contributed by atoms with E-state index in [4.69, 9.17) is 11.6 Å². The van der Waals surface area contributed by atoms with Crippen molar-refractivity contribution in [3.63, 3.8) is 0 Å². The number of carbonyl (C=O) groups is 1. The number of halogens is 1. The van der Waals surface area contributed by atoms with Gasteiger partial charge in [-0.2, -0.15) is 0 Å². The molecule has 22 heavy (non-hydrogen) atoms. The fraction of sp³-hybridized carbons (Fsp3) is 0.118. The first-order chi connectivity index (χ1) is 10.6. The van der Waals surface area contributed by atoms with E-state index in [1.54, 1.807) is 16.7 Å². The van der Waals surface area contributed by atoms with Crippen molar-refractivity contribution >= 4 is 40.2 Å². The van der Waals surface area contributed by atoms with Gasteiger partial charge in [-0.05, 0) is 30.3 Å². The first kappa shape index (κ1) is 15.0. The molecule has 0 atom stereocenters. The Balaban J connectivity index is 1.71. The van der Waals surface area contributed by atoms with Crippen molar-refractivity contribution in [1.29, 1.82) is 0 Å². The molecule has 0 radical (unpaired) electrons. The van der Waals surface area contributed by atoms with E-state index in [0.29, 0.717) is 16.5 Å². The molecule has 3 aromatic rings. The lowest BCUT2D eigenvalue weighted by Crippen LogP contribution is -2.26. The van der Waals surface area contributed by atoms with E-state index in [9.17, 15) is 4.79 Å². The Hall–Kier alpha value is -1.91. The molecule has 0 saturated carbocycles. The molecule has 1 heterocycles. The molecular weight excluding hydrogens is 316 g/mol. The summed E-state index contributed by atoms with van der Waals surface area (Å²) in [5.41, 5.74) is 1.75. The largest absolute Gasteiger partial charge is 0.360 e. The lowest BCUT2D eigenvalue weighted by atomic mass is 10.2. The first-order valence-corrected chi connectivity index (χ1v) is 8.21. The van der Waals surface area contributed by atoms with Crippen LogP contribution < -0.4 is 0 Å². The molecule has 5 heteroatoms. The number of thioether (sulfide) groups is 1. The molecular formula is C17H15ClN2OS. The normalized spacial score (nSPS) is 10.8. The number of carbonyl (C=O) groups excluding carboxylic acids is 1. The Morgan fingerprint density at radius 1 is 1.23 bits per heavy atom. The minimum atomic E-state index is 0.0194. The SMILES string of the molecule is CN(CSc1c[nH]c2ccc(Cl)cc12)C(=O)c1ccccc1. The van der Waals surface area contributed by atoms with Crippen LogP contribution in [0.25, 0.3) is 10.9 Å². The molecule has 0 unspecified atom stereocenters. The summed E-state index contributed by atoms with van der Waals surface area (Å²) >= 11 is 7.66. The Kier molecular flexibility index (Phi) is 4.41. The average molecular weight is 331 g/mol. The van der Waals surface area contributed by atoms with Gasteiger partial charge in [0.2, 0.25) is 0 Å². The highest BCUT2D eigenvalue weighted by atomic mass is 35.5. The highest BCUT2D eigenvalue weighted by Crippen LogP contribution is 2.30. The predicted octanol–water partition coefficient (Wildman–Crippen LogP) is 4.64. The molecule has 1 aromatic heterocycles. The number of rotatable bonds is 4. The summed E-state index contributed by atoms with van der Waals surface area (Å²) in [4.78, 5) is 18.3. The van der Waals surface area contributed by atoms with Gasteiger partial charge in [0.05, 0.1) is 5.88 Å². The fourth-order valence-electron chi connectivity index (χ4n) is 2.21. The summed E-state index contributed by atoms with van der Waals surface area (Å²) in [5, 5.41) is 1.79. The Bertz CT molecular complexity index is 801. The van der Waals surface area contributed by atoms with Crippen LogP contribution in [-0.4, -0.2) is 28.7 Å². The molecule has 3 nitrogen and oxygen atoms in total. The molecule has 0 aliphatic rings. The van der Waals surface area contributed by atoms with Gasteiger partial charge in [0.25, 0.3) is 5.91 Å². The van der Waals surface area contributed by atoms with Crippen LogP contribution in [0.3, 0.4) is 0 Å². The number of benzene rings is 2.